The Balaban J connectivity index is 2.54. The maximum Gasteiger partial charge on any atom is 0.418 e. The summed E-state index contributed by atoms with van der Waals surface area (Å²) in [4.78, 5) is 3.89. The van der Waals surface area contributed by atoms with Crippen molar-refractivity contribution in [1.29, 1.82) is 0 Å². The van der Waals surface area contributed by atoms with Crippen LogP contribution in [0.2, 0.25) is 5.02 Å². The molecule has 2 heterocycles. The van der Waals surface area contributed by atoms with Gasteiger partial charge in [-0.1, -0.05) is 11.6 Å². The van der Waals surface area contributed by atoms with Crippen molar-refractivity contribution in [1.82, 2.24) is 10.3 Å². The van der Waals surface area contributed by atoms with Crippen LogP contribution in [-0.2, 0) is 16.5 Å². The van der Waals surface area contributed by atoms with Gasteiger partial charge in [0, 0.05) is 19.9 Å². The lowest BCUT2D eigenvalue weighted by Crippen LogP contribution is -2.46. The lowest BCUT2D eigenvalue weighted by molar-refractivity contribution is -0.142. The van der Waals surface area contributed by atoms with Crippen molar-refractivity contribution in [3.8, 4) is 0 Å². The number of hydrogen-bond donors (Lipinski definition) is 1. The molecular weight excluding hydrogens is 281 g/mol. The average molecular weight is 295 g/mol. The van der Waals surface area contributed by atoms with Crippen molar-refractivity contribution in [3.05, 3.63) is 28.5 Å². The fourth-order valence-corrected chi connectivity index (χ4v) is 2.53. The molecule has 3 nitrogen and oxygen atoms in total. The van der Waals surface area contributed by atoms with Crippen LogP contribution in [0.5, 0.6) is 0 Å². The Labute approximate surface area is 114 Å². The molecule has 0 bridgehead atoms. The van der Waals surface area contributed by atoms with Crippen molar-refractivity contribution < 1.29 is 17.9 Å². The molecule has 0 saturated carbocycles. The van der Waals surface area contributed by atoms with Crippen molar-refractivity contribution >= 4 is 11.6 Å². The van der Waals surface area contributed by atoms with E-state index in [1.54, 1.807) is 0 Å². The maximum atomic E-state index is 13.1. The number of aromatic nitrogens is 1. The molecule has 0 radical (unpaired) electrons. The van der Waals surface area contributed by atoms with E-state index in [-0.39, 0.29) is 10.7 Å². The topological polar surface area (TPSA) is 34.1 Å². The summed E-state index contributed by atoms with van der Waals surface area (Å²) in [6.45, 7) is 1.07. The molecule has 0 spiro atoms. The molecule has 2 rings (SSSR count). The van der Waals surface area contributed by atoms with E-state index < -0.39 is 17.3 Å². The molecule has 1 saturated heterocycles. The van der Waals surface area contributed by atoms with Crippen LogP contribution in [-0.4, -0.2) is 25.2 Å². The molecule has 1 N–H and O–H groups in total. The Bertz CT molecular complexity index is 459. The molecule has 0 amide bonds. The third-order valence-electron chi connectivity index (χ3n) is 3.33. The predicted octanol–water partition coefficient (Wildman–Crippen LogP) is 2.98. The van der Waals surface area contributed by atoms with Gasteiger partial charge in [-0.3, -0.25) is 4.98 Å². The van der Waals surface area contributed by atoms with Gasteiger partial charge in [-0.25, -0.2) is 0 Å². The Morgan fingerprint density at radius 2 is 2.21 bits per heavy atom. The molecule has 1 aromatic rings. The zero-order valence-corrected chi connectivity index (χ0v) is 11.1. The van der Waals surface area contributed by atoms with Gasteiger partial charge in [-0.05, 0) is 25.5 Å². The Morgan fingerprint density at radius 1 is 1.47 bits per heavy atom. The van der Waals surface area contributed by atoms with Crippen LogP contribution >= 0.6 is 11.6 Å². The number of alkyl halides is 3. The molecule has 1 fully saturated rings. The van der Waals surface area contributed by atoms with Gasteiger partial charge < -0.3 is 10.1 Å². The van der Waals surface area contributed by atoms with Crippen molar-refractivity contribution in [3.63, 3.8) is 0 Å². The highest BCUT2D eigenvalue weighted by atomic mass is 35.5. The van der Waals surface area contributed by atoms with Gasteiger partial charge in [0.15, 0.2) is 0 Å². The maximum absolute atomic E-state index is 13.1. The van der Waals surface area contributed by atoms with E-state index in [0.29, 0.717) is 13.0 Å². The molecule has 0 aliphatic carbocycles. The number of nitrogens with one attached hydrogen (secondary N) is 1. The quantitative estimate of drug-likeness (QED) is 0.910. The van der Waals surface area contributed by atoms with Crippen molar-refractivity contribution in [2.75, 3.05) is 20.2 Å². The van der Waals surface area contributed by atoms with Crippen molar-refractivity contribution in [2.45, 2.75) is 24.6 Å². The summed E-state index contributed by atoms with van der Waals surface area (Å²) in [6, 6.07) is 0.902. The number of ether oxygens (including phenoxy) is 1. The first-order valence-electron chi connectivity index (χ1n) is 5.88. The van der Waals surface area contributed by atoms with E-state index in [0.717, 1.165) is 19.0 Å². The van der Waals surface area contributed by atoms with Crippen LogP contribution in [0, 0.1) is 0 Å². The minimum absolute atomic E-state index is 0.0360. The SMILES string of the molecule is COC1(c2ncc(Cl)cc2C(F)(F)F)CCCNC1. The molecule has 0 aromatic carbocycles. The molecule has 19 heavy (non-hydrogen) atoms. The molecule has 7 heteroatoms. The first-order chi connectivity index (χ1) is 8.89. The summed E-state index contributed by atoms with van der Waals surface area (Å²) >= 11 is 5.63. The molecule has 1 aliphatic heterocycles. The van der Waals surface area contributed by atoms with Crippen LogP contribution in [0.3, 0.4) is 0 Å². The van der Waals surface area contributed by atoms with E-state index in [1.165, 1.54) is 13.3 Å². The Kier molecular flexibility index (Phi) is 4.03. The van der Waals surface area contributed by atoms with E-state index in [9.17, 15) is 13.2 Å². The molecule has 1 unspecified atom stereocenters. The zero-order chi connectivity index (χ0) is 14.1. The van der Waals surface area contributed by atoms with E-state index in [1.807, 2.05) is 0 Å². The smallest absolute Gasteiger partial charge is 0.371 e. The summed E-state index contributed by atoms with van der Waals surface area (Å²) in [5.74, 6) is 0. The highest BCUT2D eigenvalue weighted by Gasteiger charge is 2.44. The zero-order valence-electron chi connectivity index (χ0n) is 10.4. The molecule has 1 aliphatic rings. The summed E-state index contributed by atoms with van der Waals surface area (Å²) in [5.41, 5.74) is -1.97. The molecule has 106 valence electrons. The lowest BCUT2D eigenvalue weighted by Gasteiger charge is -2.37. The Morgan fingerprint density at radius 3 is 2.74 bits per heavy atom. The van der Waals surface area contributed by atoms with Crippen LogP contribution in [0.1, 0.15) is 24.1 Å². The van der Waals surface area contributed by atoms with Crippen molar-refractivity contribution in [2.24, 2.45) is 0 Å². The highest BCUT2D eigenvalue weighted by molar-refractivity contribution is 6.30. The van der Waals surface area contributed by atoms with Gasteiger partial charge in [-0.15, -0.1) is 0 Å². The first-order valence-corrected chi connectivity index (χ1v) is 6.26. The Hall–Kier alpha value is -0.850. The number of halogens is 4. The van der Waals surface area contributed by atoms with E-state index in [2.05, 4.69) is 10.3 Å². The van der Waals surface area contributed by atoms with E-state index in [4.69, 9.17) is 16.3 Å². The van der Waals surface area contributed by atoms with Crippen LogP contribution < -0.4 is 5.32 Å². The second-order valence-corrected chi connectivity index (χ2v) is 4.96. The minimum Gasteiger partial charge on any atom is -0.371 e. The van der Waals surface area contributed by atoms with Gasteiger partial charge in [-0.2, -0.15) is 13.2 Å². The summed E-state index contributed by atoms with van der Waals surface area (Å²) < 4.78 is 44.7. The molecule has 1 aromatic heterocycles. The average Bonchev–Trinajstić information content (AvgIpc) is 2.38. The number of rotatable bonds is 2. The largest absolute Gasteiger partial charge is 0.418 e. The van der Waals surface area contributed by atoms with Crippen LogP contribution in [0.25, 0.3) is 0 Å². The highest BCUT2D eigenvalue weighted by Crippen LogP contribution is 2.40. The van der Waals surface area contributed by atoms with Crippen LogP contribution in [0.15, 0.2) is 12.3 Å². The fourth-order valence-electron chi connectivity index (χ4n) is 2.37. The normalized spacial score (nSPS) is 24.5. The van der Waals surface area contributed by atoms with Crippen LogP contribution in [0.4, 0.5) is 13.2 Å². The summed E-state index contributed by atoms with van der Waals surface area (Å²) in [6.07, 6.45) is -2.05. The fraction of sp³-hybridized carbons (Fsp3) is 0.583. The minimum atomic E-state index is -4.50. The number of piperidine rings is 1. The van der Waals surface area contributed by atoms with Gasteiger partial charge in [0.2, 0.25) is 0 Å². The lowest BCUT2D eigenvalue weighted by atomic mass is 9.87. The summed E-state index contributed by atoms with van der Waals surface area (Å²) in [7, 11) is 1.41. The standard InChI is InChI=1S/C12H14ClF3N2O/c1-19-11(3-2-4-17-7-11)10-9(12(14,15)16)5-8(13)6-18-10/h5-6,17H,2-4,7H2,1H3. The summed E-state index contributed by atoms with van der Waals surface area (Å²) in [5, 5.41) is 3.02. The number of nitrogens with zero attached hydrogens (tertiary/aromatic N) is 1. The number of hydrogen-bond acceptors (Lipinski definition) is 3. The van der Waals surface area contributed by atoms with Gasteiger partial charge in [0.1, 0.15) is 5.60 Å². The number of pyridine rings is 1. The third-order valence-corrected chi connectivity index (χ3v) is 3.53. The monoisotopic (exact) mass is 294 g/mol. The first kappa shape index (κ1) is 14.6. The third kappa shape index (κ3) is 2.85. The van der Waals surface area contributed by atoms with Gasteiger partial charge >= 0.3 is 6.18 Å². The molecule has 1 atom stereocenters. The predicted molar refractivity (Wildman–Crippen MR) is 65.0 cm³/mol. The second-order valence-electron chi connectivity index (χ2n) is 4.53. The van der Waals surface area contributed by atoms with E-state index >= 15 is 0 Å². The van der Waals surface area contributed by atoms with Gasteiger partial charge in [0.25, 0.3) is 0 Å². The second kappa shape index (κ2) is 5.26. The van der Waals surface area contributed by atoms with Gasteiger partial charge in [0.05, 0.1) is 16.3 Å². The molecular formula is C12H14ClF3N2O. The number of methoxy groups -OCH3 is 1.